The SMILES string of the molecule is CCCCC(N)C(=O)N1CCC2CCC(C1)N2C.Cl. The summed E-state index contributed by atoms with van der Waals surface area (Å²) < 4.78 is 0. The Hall–Kier alpha value is -0.320. The quantitative estimate of drug-likeness (QED) is 0.856. The van der Waals surface area contributed by atoms with Crippen molar-refractivity contribution in [3.05, 3.63) is 0 Å². The van der Waals surface area contributed by atoms with Crippen molar-refractivity contribution < 1.29 is 4.79 Å². The van der Waals surface area contributed by atoms with Crippen LogP contribution in [0, 0.1) is 0 Å². The minimum atomic E-state index is -0.285. The maximum absolute atomic E-state index is 12.3. The van der Waals surface area contributed by atoms with E-state index in [0.717, 1.165) is 38.8 Å². The van der Waals surface area contributed by atoms with Gasteiger partial charge in [0, 0.05) is 25.2 Å². The number of halogens is 1. The monoisotopic (exact) mass is 289 g/mol. The molecule has 0 radical (unpaired) electrons. The summed E-state index contributed by atoms with van der Waals surface area (Å²) in [5.74, 6) is 0.171. The van der Waals surface area contributed by atoms with Gasteiger partial charge in [0.05, 0.1) is 6.04 Å². The maximum Gasteiger partial charge on any atom is 0.239 e. The third kappa shape index (κ3) is 3.83. The van der Waals surface area contributed by atoms with E-state index in [2.05, 4.69) is 18.9 Å². The van der Waals surface area contributed by atoms with E-state index >= 15 is 0 Å². The van der Waals surface area contributed by atoms with Gasteiger partial charge in [-0.2, -0.15) is 0 Å². The van der Waals surface area contributed by atoms with Crippen LogP contribution in [0.4, 0.5) is 0 Å². The molecule has 3 atom stereocenters. The van der Waals surface area contributed by atoms with E-state index < -0.39 is 0 Å². The van der Waals surface area contributed by atoms with Crippen LogP contribution in [0.25, 0.3) is 0 Å². The lowest BCUT2D eigenvalue weighted by Crippen LogP contribution is -2.47. The topological polar surface area (TPSA) is 49.6 Å². The van der Waals surface area contributed by atoms with Gasteiger partial charge >= 0.3 is 0 Å². The van der Waals surface area contributed by atoms with Crippen LogP contribution < -0.4 is 5.73 Å². The number of unbranched alkanes of at least 4 members (excludes halogenated alkanes) is 1. The summed E-state index contributed by atoms with van der Waals surface area (Å²) >= 11 is 0. The molecule has 2 bridgehead atoms. The van der Waals surface area contributed by atoms with Crippen molar-refractivity contribution >= 4 is 18.3 Å². The molecule has 0 aromatic heterocycles. The molecule has 4 nitrogen and oxygen atoms in total. The zero-order valence-corrected chi connectivity index (χ0v) is 13.0. The number of carbonyl (C=O) groups excluding carboxylic acids is 1. The third-order valence-electron chi connectivity index (χ3n) is 4.65. The van der Waals surface area contributed by atoms with Crippen molar-refractivity contribution in [3.8, 4) is 0 Å². The molecule has 0 saturated carbocycles. The molecule has 0 spiro atoms. The smallest absolute Gasteiger partial charge is 0.239 e. The maximum atomic E-state index is 12.3. The van der Waals surface area contributed by atoms with Crippen molar-refractivity contribution in [2.75, 3.05) is 20.1 Å². The Morgan fingerprint density at radius 3 is 2.68 bits per heavy atom. The molecule has 2 saturated heterocycles. The molecule has 2 rings (SSSR count). The van der Waals surface area contributed by atoms with Crippen LogP contribution in [0.1, 0.15) is 45.4 Å². The second-order valence-corrected chi connectivity index (χ2v) is 5.87. The summed E-state index contributed by atoms with van der Waals surface area (Å²) in [5, 5.41) is 0. The highest BCUT2D eigenvalue weighted by atomic mass is 35.5. The summed E-state index contributed by atoms with van der Waals surface area (Å²) in [6.07, 6.45) is 6.62. The van der Waals surface area contributed by atoms with Gasteiger partial charge in [0.2, 0.25) is 5.91 Å². The minimum absolute atomic E-state index is 0. The number of likely N-dealkylation sites (tertiary alicyclic amines) is 1. The summed E-state index contributed by atoms with van der Waals surface area (Å²) in [6, 6.07) is 0.950. The average molecular weight is 290 g/mol. The van der Waals surface area contributed by atoms with Crippen molar-refractivity contribution in [2.45, 2.75) is 63.6 Å². The lowest BCUT2D eigenvalue weighted by Gasteiger charge is -2.28. The minimum Gasteiger partial charge on any atom is -0.340 e. The number of nitrogens with zero attached hydrogens (tertiary/aromatic N) is 2. The van der Waals surface area contributed by atoms with Crippen molar-refractivity contribution in [1.29, 1.82) is 0 Å². The van der Waals surface area contributed by atoms with Gasteiger partial charge in [-0.05, 0) is 32.7 Å². The summed E-state index contributed by atoms with van der Waals surface area (Å²) in [7, 11) is 2.20. The van der Waals surface area contributed by atoms with Gasteiger partial charge in [0.1, 0.15) is 0 Å². The number of hydrogen-bond acceptors (Lipinski definition) is 3. The number of hydrogen-bond donors (Lipinski definition) is 1. The molecule has 112 valence electrons. The first-order valence-corrected chi connectivity index (χ1v) is 7.39. The van der Waals surface area contributed by atoms with E-state index in [4.69, 9.17) is 5.73 Å². The number of amides is 1. The number of fused-ring (bicyclic) bond motifs is 2. The van der Waals surface area contributed by atoms with Crippen molar-refractivity contribution in [2.24, 2.45) is 5.73 Å². The van der Waals surface area contributed by atoms with Gasteiger partial charge in [-0.25, -0.2) is 0 Å². The van der Waals surface area contributed by atoms with E-state index in [0.29, 0.717) is 12.1 Å². The highest BCUT2D eigenvalue weighted by Crippen LogP contribution is 2.28. The van der Waals surface area contributed by atoms with Gasteiger partial charge in [-0.15, -0.1) is 12.4 Å². The molecule has 2 fully saturated rings. The second kappa shape index (κ2) is 7.46. The molecular weight excluding hydrogens is 262 g/mol. The zero-order chi connectivity index (χ0) is 13.1. The first-order valence-electron chi connectivity index (χ1n) is 7.39. The Balaban J connectivity index is 0.00000180. The molecule has 19 heavy (non-hydrogen) atoms. The molecule has 0 aliphatic carbocycles. The summed E-state index contributed by atoms with van der Waals surface area (Å²) in [4.78, 5) is 16.8. The Labute approximate surface area is 123 Å². The molecule has 3 unspecified atom stereocenters. The van der Waals surface area contributed by atoms with Crippen LogP contribution in [0.5, 0.6) is 0 Å². The molecular formula is C14H28ClN3O. The van der Waals surface area contributed by atoms with E-state index in [1.165, 1.54) is 12.8 Å². The van der Waals surface area contributed by atoms with Gasteiger partial charge in [-0.1, -0.05) is 19.8 Å². The van der Waals surface area contributed by atoms with Gasteiger partial charge in [0.15, 0.2) is 0 Å². The van der Waals surface area contributed by atoms with E-state index in [1.54, 1.807) is 0 Å². The summed E-state index contributed by atoms with van der Waals surface area (Å²) in [6.45, 7) is 3.91. The molecule has 2 aliphatic heterocycles. The van der Waals surface area contributed by atoms with Crippen LogP contribution in [-0.4, -0.2) is 54.0 Å². The van der Waals surface area contributed by atoms with Crippen LogP contribution >= 0.6 is 12.4 Å². The molecule has 1 amide bonds. The first kappa shape index (κ1) is 16.7. The highest BCUT2D eigenvalue weighted by molar-refractivity contribution is 5.85. The lowest BCUT2D eigenvalue weighted by atomic mass is 10.1. The van der Waals surface area contributed by atoms with Gasteiger partial charge in [0.25, 0.3) is 0 Å². The number of likely N-dealkylation sites (N-methyl/N-ethyl adjacent to an activating group) is 1. The standard InChI is InChI=1S/C14H27N3O.ClH/c1-3-4-5-13(15)14(18)17-9-8-11-6-7-12(10-17)16(11)2;/h11-13H,3-10,15H2,1-2H3;1H. The largest absolute Gasteiger partial charge is 0.340 e. The molecule has 0 aromatic carbocycles. The van der Waals surface area contributed by atoms with Gasteiger partial charge < -0.3 is 10.6 Å². The molecule has 0 aromatic rings. The predicted molar refractivity (Wildman–Crippen MR) is 80.5 cm³/mol. The Bertz CT molecular complexity index is 300. The lowest BCUT2D eigenvalue weighted by molar-refractivity contribution is -0.133. The third-order valence-corrected chi connectivity index (χ3v) is 4.65. The molecule has 2 heterocycles. The normalized spacial score (nSPS) is 28.7. The van der Waals surface area contributed by atoms with Crippen LogP contribution in [-0.2, 0) is 4.79 Å². The number of nitrogens with two attached hydrogens (primary N) is 1. The fraction of sp³-hybridized carbons (Fsp3) is 0.929. The molecule has 5 heteroatoms. The van der Waals surface area contributed by atoms with Gasteiger partial charge in [-0.3, -0.25) is 9.69 Å². The van der Waals surface area contributed by atoms with E-state index in [1.807, 2.05) is 4.90 Å². The number of rotatable bonds is 4. The first-order chi connectivity index (χ1) is 8.63. The van der Waals surface area contributed by atoms with Crippen LogP contribution in [0.2, 0.25) is 0 Å². The van der Waals surface area contributed by atoms with Crippen LogP contribution in [0.15, 0.2) is 0 Å². The van der Waals surface area contributed by atoms with Crippen LogP contribution in [0.3, 0.4) is 0 Å². The van der Waals surface area contributed by atoms with Crippen molar-refractivity contribution in [3.63, 3.8) is 0 Å². The molecule has 2 aliphatic rings. The Morgan fingerprint density at radius 2 is 2.00 bits per heavy atom. The second-order valence-electron chi connectivity index (χ2n) is 5.87. The van der Waals surface area contributed by atoms with Crippen molar-refractivity contribution in [1.82, 2.24) is 9.80 Å². The van der Waals surface area contributed by atoms with E-state index in [-0.39, 0.29) is 24.4 Å². The number of carbonyl (C=O) groups is 1. The zero-order valence-electron chi connectivity index (χ0n) is 12.2. The fourth-order valence-electron chi connectivity index (χ4n) is 3.29. The predicted octanol–water partition coefficient (Wildman–Crippen LogP) is 1.62. The Kier molecular flexibility index (Phi) is 6.57. The highest BCUT2D eigenvalue weighted by Gasteiger charge is 2.36. The Morgan fingerprint density at radius 1 is 1.32 bits per heavy atom. The van der Waals surface area contributed by atoms with E-state index in [9.17, 15) is 4.79 Å². The molecule has 2 N–H and O–H groups in total. The summed E-state index contributed by atoms with van der Waals surface area (Å²) in [5.41, 5.74) is 6.01. The average Bonchev–Trinajstić information content (AvgIpc) is 2.59. The fourth-order valence-corrected chi connectivity index (χ4v) is 3.29.